The first-order chi connectivity index (χ1) is 26.6. The number of unbranched alkanes of at least 4 members (excludes halogenated alkanes) is 1. The Balaban J connectivity index is 2.20. The quantitative estimate of drug-likeness (QED) is 0.0402. The van der Waals surface area contributed by atoms with E-state index in [4.69, 9.17) is 19.3 Å². The fourth-order valence-corrected chi connectivity index (χ4v) is 8.09. The Hall–Kier alpha value is -4.97. The molecule has 2 nitrogen and oxygen atoms in total. The molecule has 1 aliphatic carbocycles. The van der Waals surface area contributed by atoms with E-state index in [1.54, 1.807) is 6.08 Å². The summed E-state index contributed by atoms with van der Waals surface area (Å²) in [6, 6.07) is -0.218. The molecule has 55 heavy (non-hydrogen) atoms. The van der Waals surface area contributed by atoms with E-state index in [0.29, 0.717) is 29.8 Å². The molecular weight excluding hydrogens is 685 g/mol. The Bertz CT molecular complexity index is 1840. The summed E-state index contributed by atoms with van der Waals surface area (Å²) in [4.78, 5) is 5.76. The summed E-state index contributed by atoms with van der Waals surface area (Å²) in [6.07, 6.45) is 56.8. The summed E-state index contributed by atoms with van der Waals surface area (Å²) in [6.45, 7) is 21.5. The van der Waals surface area contributed by atoms with Crippen molar-refractivity contribution in [1.29, 1.82) is 0 Å². The lowest BCUT2D eigenvalue weighted by Crippen LogP contribution is -2.32. The van der Waals surface area contributed by atoms with Gasteiger partial charge in [-0.1, -0.05) is 130 Å². The van der Waals surface area contributed by atoms with Crippen LogP contribution in [-0.2, 0) is 0 Å². The Labute approximate surface area is 340 Å². The van der Waals surface area contributed by atoms with Crippen molar-refractivity contribution < 1.29 is 0 Å². The summed E-state index contributed by atoms with van der Waals surface area (Å²) in [5, 5.41) is 0.665. The SMILES string of the molecule is C#CC/C=C\C(C#C)N(C/C=C\C=C)/C(C)=C(/C=C(C)/C(C)=C/C=C=C(C#C)N(C)/C1=C/C=C(/CCCCC2SC(C)=C(/C=C\C=C)[C@H]2C)C/C=C/C1)CC. The molecule has 0 amide bonds. The molecule has 0 radical (unpaired) electrons. The number of hydrogen-bond acceptors (Lipinski definition) is 3. The summed E-state index contributed by atoms with van der Waals surface area (Å²) in [5.74, 6) is 9.03. The third-order valence-electron chi connectivity index (χ3n) is 10.2. The highest BCUT2D eigenvalue weighted by molar-refractivity contribution is 8.03. The average Bonchev–Trinajstić information content (AvgIpc) is 3.44. The van der Waals surface area contributed by atoms with Crippen LogP contribution in [0.4, 0.5) is 0 Å². The molecule has 3 heteroatoms. The second-order valence-corrected chi connectivity index (χ2v) is 15.4. The number of hydrogen-bond donors (Lipinski definition) is 0. The molecule has 0 fully saturated rings. The van der Waals surface area contributed by atoms with Crippen molar-refractivity contribution in [2.24, 2.45) is 5.92 Å². The van der Waals surface area contributed by atoms with Crippen molar-refractivity contribution in [3.63, 3.8) is 0 Å². The van der Waals surface area contributed by atoms with Crippen molar-refractivity contribution in [2.75, 3.05) is 13.6 Å². The van der Waals surface area contributed by atoms with Gasteiger partial charge in [0.25, 0.3) is 0 Å². The predicted octanol–water partition coefficient (Wildman–Crippen LogP) is 13.3. The number of allylic oxidation sites excluding steroid dienone is 20. The Morgan fingerprint density at radius 2 is 1.76 bits per heavy atom. The highest BCUT2D eigenvalue weighted by Crippen LogP contribution is 2.44. The monoisotopic (exact) mass is 748 g/mol. The van der Waals surface area contributed by atoms with Gasteiger partial charge < -0.3 is 9.80 Å². The number of rotatable bonds is 20. The van der Waals surface area contributed by atoms with Crippen LogP contribution in [0.25, 0.3) is 0 Å². The molecule has 0 N–H and O–H groups in total. The van der Waals surface area contributed by atoms with Crippen LogP contribution in [0.15, 0.2) is 160 Å². The van der Waals surface area contributed by atoms with E-state index in [1.165, 1.54) is 40.9 Å². The van der Waals surface area contributed by atoms with Gasteiger partial charge in [0.15, 0.2) is 0 Å². The van der Waals surface area contributed by atoms with Crippen molar-refractivity contribution in [1.82, 2.24) is 9.80 Å². The maximum absolute atomic E-state index is 6.03. The molecule has 2 unspecified atom stereocenters. The molecule has 2 rings (SSSR count). The average molecular weight is 749 g/mol. The van der Waals surface area contributed by atoms with E-state index < -0.39 is 0 Å². The zero-order valence-electron chi connectivity index (χ0n) is 34.7. The highest BCUT2D eigenvalue weighted by atomic mass is 32.2. The zero-order chi connectivity index (χ0) is 40.6. The first kappa shape index (κ1) is 46.2. The van der Waals surface area contributed by atoms with Gasteiger partial charge in [0.1, 0.15) is 11.7 Å². The van der Waals surface area contributed by atoms with Gasteiger partial charge in [0.2, 0.25) is 0 Å². The number of nitrogens with zero attached hydrogens (tertiary/aromatic N) is 2. The minimum Gasteiger partial charge on any atom is -0.354 e. The molecule has 0 aromatic heterocycles. The standard InChI is InChI=1S/C52H64N2S/c1-13-19-22-32-49(18-6)54(39-27-20-14-2)44(10)47(16-4)40-42(8)41(7)29-28-34-48(17-5)53(12)50-33-25-23-30-46(37-38-50)31-24-26-36-52-43(9)51(35-21-15-3)45(11)55-52/h1,5-6,14-15,20-23,25,27-29,32,35,37-38,40,43,49,52H,2-3,16,19,24,26,30-31,33,36,39H2,4,7-12H3/b25-23+,27-20-,32-22-,35-21-,41-29+,42-40+,46-37+,47-44+,50-38+/t34?,43-,49?,52?/m1/s1. The van der Waals surface area contributed by atoms with Gasteiger partial charge >= 0.3 is 0 Å². The minimum atomic E-state index is -0.218. The third kappa shape index (κ3) is 15.4. The van der Waals surface area contributed by atoms with Gasteiger partial charge in [-0.3, -0.25) is 0 Å². The van der Waals surface area contributed by atoms with Crippen molar-refractivity contribution in [3.05, 3.63) is 160 Å². The third-order valence-corrected chi connectivity index (χ3v) is 11.7. The fourth-order valence-electron chi connectivity index (χ4n) is 6.61. The van der Waals surface area contributed by atoms with Crippen LogP contribution in [0.5, 0.6) is 0 Å². The van der Waals surface area contributed by atoms with Gasteiger partial charge in [0.05, 0.1) is 0 Å². The van der Waals surface area contributed by atoms with E-state index in [2.05, 4.69) is 154 Å². The molecule has 0 aromatic carbocycles. The molecule has 3 atom stereocenters. The maximum atomic E-state index is 6.03. The van der Waals surface area contributed by atoms with Gasteiger partial charge in [-0.25, -0.2) is 0 Å². The lowest BCUT2D eigenvalue weighted by molar-refractivity contribution is 0.368. The van der Waals surface area contributed by atoms with Crippen LogP contribution >= 0.6 is 11.8 Å². The van der Waals surface area contributed by atoms with Crippen LogP contribution in [-0.4, -0.2) is 34.7 Å². The second-order valence-electron chi connectivity index (χ2n) is 13.9. The molecule has 0 spiro atoms. The van der Waals surface area contributed by atoms with Crippen LogP contribution in [0.2, 0.25) is 0 Å². The van der Waals surface area contributed by atoms with E-state index in [1.807, 2.05) is 37.4 Å². The minimum absolute atomic E-state index is 0.218. The summed E-state index contributed by atoms with van der Waals surface area (Å²) in [7, 11) is 2.03. The molecule has 0 saturated carbocycles. The molecule has 0 bridgehead atoms. The van der Waals surface area contributed by atoms with E-state index in [9.17, 15) is 0 Å². The second kappa shape index (κ2) is 25.9. The smallest absolute Gasteiger partial charge is 0.135 e. The molecule has 288 valence electrons. The van der Waals surface area contributed by atoms with Gasteiger partial charge in [-0.15, -0.1) is 37.0 Å². The molecule has 1 heterocycles. The maximum Gasteiger partial charge on any atom is 0.135 e. The molecule has 0 saturated heterocycles. The summed E-state index contributed by atoms with van der Waals surface area (Å²) >= 11 is 2.05. The zero-order valence-corrected chi connectivity index (χ0v) is 35.5. The van der Waals surface area contributed by atoms with Crippen molar-refractivity contribution >= 4 is 11.8 Å². The first-order valence-corrected chi connectivity index (χ1v) is 20.5. The van der Waals surface area contributed by atoms with E-state index >= 15 is 0 Å². The highest BCUT2D eigenvalue weighted by Gasteiger charge is 2.28. The Kier molecular flexibility index (Phi) is 21.8. The van der Waals surface area contributed by atoms with Gasteiger partial charge in [-0.2, -0.15) is 0 Å². The predicted molar refractivity (Wildman–Crippen MR) is 246 cm³/mol. The van der Waals surface area contributed by atoms with Crippen LogP contribution in [0.1, 0.15) is 92.9 Å². The fraction of sp³-hybridized carbons (Fsp3) is 0.365. The van der Waals surface area contributed by atoms with Crippen molar-refractivity contribution in [3.8, 4) is 37.0 Å². The van der Waals surface area contributed by atoms with E-state index in [-0.39, 0.29) is 6.04 Å². The van der Waals surface area contributed by atoms with Crippen LogP contribution in [0.3, 0.4) is 0 Å². The summed E-state index contributed by atoms with van der Waals surface area (Å²) < 4.78 is 0. The molecule has 1 aliphatic heterocycles. The molecule has 0 aromatic rings. The molecule has 2 aliphatic rings. The normalized spacial score (nSPS) is 21.2. The number of thioether (sulfide) groups is 1. The van der Waals surface area contributed by atoms with Gasteiger partial charge in [-0.05, 0) is 111 Å². The van der Waals surface area contributed by atoms with Crippen molar-refractivity contribution in [2.45, 2.75) is 104 Å². The lowest BCUT2D eigenvalue weighted by Gasteiger charge is -2.30. The Morgan fingerprint density at radius 1 is 1.02 bits per heavy atom. The largest absolute Gasteiger partial charge is 0.354 e. The topological polar surface area (TPSA) is 6.48 Å². The Morgan fingerprint density at radius 3 is 2.44 bits per heavy atom. The van der Waals surface area contributed by atoms with Crippen LogP contribution in [0, 0.1) is 42.9 Å². The van der Waals surface area contributed by atoms with Crippen LogP contribution < -0.4 is 0 Å². The lowest BCUT2D eigenvalue weighted by atomic mass is 9.93. The summed E-state index contributed by atoms with van der Waals surface area (Å²) in [5.41, 5.74) is 12.8. The first-order valence-electron chi connectivity index (χ1n) is 19.6. The van der Waals surface area contributed by atoms with E-state index in [0.717, 1.165) is 48.2 Å². The molecular formula is C52H64N2S. The number of terminal acetylenes is 3. The van der Waals surface area contributed by atoms with Gasteiger partial charge in [0, 0.05) is 43.1 Å².